The van der Waals surface area contributed by atoms with E-state index in [4.69, 9.17) is 0 Å². The number of rotatable bonds is 10. The molecule has 2 atom stereocenters. The van der Waals surface area contributed by atoms with Crippen molar-refractivity contribution in [3.63, 3.8) is 0 Å². The number of sulfonamides is 1. The molecule has 2 heterocycles. The molecule has 12 heteroatoms. The van der Waals surface area contributed by atoms with E-state index in [0.717, 1.165) is 44.4 Å². The molecule has 1 amide bonds. The molecule has 2 aliphatic rings. The molecule has 212 valence electrons. The highest BCUT2D eigenvalue weighted by Crippen LogP contribution is 2.28. The van der Waals surface area contributed by atoms with Crippen LogP contribution in [0, 0.1) is 5.92 Å². The summed E-state index contributed by atoms with van der Waals surface area (Å²) in [6, 6.07) is 11.0. The van der Waals surface area contributed by atoms with Crippen LogP contribution in [0.3, 0.4) is 0 Å². The Morgan fingerprint density at radius 2 is 1.74 bits per heavy atom. The number of aromatic hydroxyl groups is 1. The molecule has 2 aliphatic heterocycles. The largest absolute Gasteiger partial charge is 0.506 e. The van der Waals surface area contributed by atoms with Crippen molar-refractivity contribution < 1.29 is 33.3 Å². The number of anilines is 2. The summed E-state index contributed by atoms with van der Waals surface area (Å²) in [5, 5.41) is 33.1. The van der Waals surface area contributed by atoms with Gasteiger partial charge in [-0.05, 0) is 80.1 Å². The van der Waals surface area contributed by atoms with Crippen molar-refractivity contribution in [1.82, 2.24) is 10.2 Å². The highest BCUT2D eigenvalue weighted by atomic mass is 32.2. The average Bonchev–Trinajstić information content (AvgIpc) is 3.40. The van der Waals surface area contributed by atoms with Gasteiger partial charge in [0.15, 0.2) is 0 Å². The first-order valence-corrected chi connectivity index (χ1v) is 15.0. The minimum Gasteiger partial charge on any atom is -0.506 e. The summed E-state index contributed by atoms with van der Waals surface area (Å²) in [6.45, 7) is 3.19. The van der Waals surface area contributed by atoms with Crippen LogP contribution >= 0.6 is 0 Å². The maximum atomic E-state index is 12.8. The first-order chi connectivity index (χ1) is 18.5. The van der Waals surface area contributed by atoms with Crippen molar-refractivity contribution >= 4 is 33.3 Å². The van der Waals surface area contributed by atoms with Crippen molar-refractivity contribution in [2.24, 2.45) is 5.92 Å². The number of likely N-dealkylation sites (tertiary alicyclic amines) is 1. The summed E-state index contributed by atoms with van der Waals surface area (Å²) in [6.07, 6.45) is 3.23. The second-order valence-corrected chi connectivity index (χ2v) is 12.0. The van der Waals surface area contributed by atoms with E-state index in [1.807, 2.05) is 12.1 Å². The van der Waals surface area contributed by atoms with Crippen molar-refractivity contribution in [2.45, 2.75) is 37.8 Å². The van der Waals surface area contributed by atoms with E-state index < -0.39 is 28.1 Å². The molecule has 5 N–H and O–H groups in total. The third-order valence-electron chi connectivity index (χ3n) is 7.36. The Balaban J connectivity index is 1.23. The molecule has 11 nitrogen and oxygen atoms in total. The van der Waals surface area contributed by atoms with Crippen LogP contribution in [0.25, 0.3) is 0 Å². The Morgan fingerprint density at radius 3 is 2.38 bits per heavy atom. The Morgan fingerprint density at radius 1 is 1.05 bits per heavy atom. The fourth-order valence-electron chi connectivity index (χ4n) is 5.23. The summed E-state index contributed by atoms with van der Waals surface area (Å²) in [5.74, 6) is -0.982. The Kier molecular flexibility index (Phi) is 8.98. The van der Waals surface area contributed by atoms with Gasteiger partial charge in [-0.15, -0.1) is 0 Å². The van der Waals surface area contributed by atoms with E-state index in [-0.39, 0.29) is 17.3 Å². The third-order valence-corrected chi connectivity index (χ3v) is 7.95. The number of hydrogen-bond acceptors (Lipinski definition) is 8. The summed E-state index contributed by atoms with van der Waals surface area (Å²) in [7, 11) is -3.56. The zero-order valence-corrected chi connectivity index (χ0v) is 22.7. The topological polar surface area (TPSA) is 160 Å². The molecule has 2 fully saturated rings. The number of aliphatic carboxylic acids is 1. The second-order valence-electron chi connectivity index (χ2n) is 10.3. The van der Waals surface area contributed by atoms with Crippen LogP contribution in [0.5, 0.6) is 5.75 Å². The van der Waals surface area contributed by atoms with E-state index in [9.17, 15) is 33.3 Å². The number of nitrogens with one attached hydrogen (secondary N) is 2. The van der Waals surface area contributed by atoms with Crippen LogP contribution in [0.15, 0.2) is 42.5 Å². The predicted octanol–water partition coefficient (Wildman–Crippen LogP) is 1.99. The zero-order chi connectivity index (χ0) is 28.2. The average molecular weight is 561 g/mol. The smallest absolute Gasteiger partial charge is 0.326 e. The number of phenols is 1. The molecule has 0 bridgehead atoms. The SMILES string of the molecule is CS(=O)(=O)Nc1cc([C@@H](O)CNCC2CCN(c3ccc(C(=O)N4CCC[C@@H]4C(=O)O)cc3)CC2)ccc1O. The second kappa shape index (κ2) is 12.2. The van der Waals surface area contributed by atoms with Gasteiger partial charge < -0.3 is 30.4 Å². The summed E-state index contributed by atoms with van der Waals surface area (Å²) in [5.41, 5.74) is 2.04. The van der Waals surface area contributed by atoms with Gasteiger partial charge in [0.05, 0.1) is 18.0 Å². The van der Waals surface area contributed by atoms with E-state index in [0.29, 0.717) is 43.0 Å². The van der Waals surface area contributed by atoms with Crippen LogP contribution in [-0.2, 0) is 14.8 Å². The number of aliphatic hydroxyl groups excluding tert-OH is 1. The molecule has 0 aromatic heterocycles. The lowest BCUT2D eigenvalue weighted by Crippen LogP contribution is -2.40. The van der Waals surface area contributed by atoms with Gasteiger partial charge in [-0.1, -0.05) is 6.07 Å². The van der Waals surface area contributed by atoms with Gasteiger partial charge in [0.2, 0.25) is 10.0 Å². The molecule has 2 aromatic rings. The number of carboxylic acid groups (broad SMARTS) is 1. The van der Waals surface area contributed by atoms with Gasteiger partial charge in [-0.25, -0.2) is 13.2 Å². The molecule has 0 saturated carbocycles. The van der Waals surface area contributed by atoms with Crippen molar-refractivity contribution in [3.8, 4) is 5.75 Å². The van der Waals surface area contributed by atoms with E-state index in [1.165, 1.54) is 17.0 Å². The van der Waals surface area contributed by atoms with Gasteiger partial charge >= 0.3 is 5.97 Å². The summed E-state index contributed by atoms with van der Waals surface area (Å²) in [4.78, 5) is 27.9. The number of carbonyl (C=O) groups excluding carboxylic acids is 1. The van der Waals surface area contributed by atoms with Crippen molar-refractivity contribution in [3.05, 3.63) is 53.6 Å². The lowest BCUT2D eigenvalue weighted by atomic mass is 9.96. The Bertz CT molecular complexity index is 1280. The van der Waals surface area contributed by atoms with E-state index >= 15 is 0 Å². The molecule has 2 saturated heterocycles. The summed E-state index contributed by atoms with van der Waals surface area (Å²) < 4.78 is 25.2. The molecule has 0 radical (unpaired) electrons. The maximum Gasteiger partial charge on any atom is 0.326 e. The number of carbonyl (C=O) groups is 2. The van der Waals surface area contributed by atoms with Crippen LogP contribution in [0.4, 0.5) is 11.4 Å². The fourth-order valence-corrected chi connectivity index (χ4v) is 5.79. The van der Waals surface area contributed by atoms with Crippen molar-refractivity contribution in [1.29, 1.82) is 0 Å². The van der Waals surface area contributed by atoms with Crippen LogP contribution < -0.4 is 14.9 Å². The number of benzene rings is 2. The lowest BCUT2D eigenvalue weighted by molar-refractivity contribution is -0.141. The molecule has 0 spiro atoms. The normalized spacial score (nSPS) is 19.2. The number of piperidine rings is 1. The molecular formula is C27H36N4O7S. The molecule has 0 unspecified atom stereocenters. The lowest BCUT2D eigenvalue weighted by Gasteiger charge is -2.34. The predicted molar refractivity (Wildman–Crippen MR) is 147 cm³/mol. The molecule has 39 heavy (non-hydrogen) atoms. The summed E-state index contributed by atoms with van der Waals surface area (Å²) >= 11 is 0. The zero-order valence-electron chi connectivity index (χ0n) is 21.9. The van der Waals surface area contributed by atoms with Crippen LogP contribution in [-0.4, -0.2) is 85.5 Å². The highest BCUT2D eigenvalue weighted by molar-refractivity contribution is 7.92. The number of carboxylic acids is 1. The third kappa shape index (κ3) is 7.40. The van der Waals surface area contributed by atoms with Gasteiger partial charge in [-0.2, -0.15) is 0 Å². The number of phenolic OH excluding ortho intramolecular Hbond substituents is 1. The molecule has 2 aromatic carbocycles. The van der Waals surface area contributed by atoms with Gasteiger partial charge in [0.25, 0.3) is 5.91 Å². The van der Waals surface area contributed by atoms with Gasteiger partial charge in [0.1, 0.15) is 11.8 Å². The highest BCUT2D eigenvalue weighted by Gasteiger charge is 2.34. The minimum absolute atomic E-state index is 0.0271. The molecule has 4 rings (SSSR count). The first kappa shape index (κ1) is 28.7. The Labute approximate surface area is 228 Å². The first-order valence-electron chi connectivity index (χ1n) is 13.1. The molecule has 0 aliphatic carbocycles. The fraction of sp³-hybridized carbons (Fsp3) is 0.481. The molecular weight excluding hydrogens is 524 g/mol. The van der Waals surface area contributed by atoms with E-state index in [2.05, 4.69) is 14.9 Å². The van der Waals surface area contributed by atoms with Crippen LogP contribution in [0.2, 0.25) is 0 Å². The van der Waals surface area contributed by atoms with Crippen molar-refractivity contribution in [2.75, 3.05) is 48.6 Å². The van der Waals surface area contributed by atoms with Gasteiger partial charge in [-0.3, -0.25) is 9.52 Å². The maximum absolute atomic E-state index is 12.8. The number of aliphatic hydroxyl groups is 1. The Hall–Kier alpha value is -3.35. The monoisotopic (exact) mass is 560 g/mol. The van der Waals surface area contributed by atoms with E-state index in [1.54, 1.807) is 18.2 Å². The number of amides is 1. The minimum atomic E-state index is -3.56. The number of nitrogens with zero attached hydrogens (tertiary/aromatic N) is 2. The number of hydrogen-bond donors (Lipinski definition) is 5. The quantitative estimate of drug-likeness (QED) is 0.274. The van der Waals surface area contributed by atoms with Crippen LogP contribution in [0.1, 0.15) is 47.7 Å². The standard InChI is InChI=1S/C27H36N4O7S/c1-39(37,38)29-22-15-20(6-9-24(22)32)25(33)17-28-16-18-10-13-30(14-11-18)21-7-4-19(5-8-21)26(34)31-12-2-3-23(31)27(35)36/h4-9,15,18,23,25,28-29,32-33H,2-3,10-14,16-17H2,1H3,(H,35,36)/t23-,25+/m1/s1. The van der Waals surface area contributed by atoms with Gasteiger partial charge in [0, 0.05) is 37.4 Å².